The van der Waals surface area contributed by atoms with Gasteiger partial charge in [0.2, 0.25) is 0 Å². The van der Waals surface area contributed by atoms with Gasteiger partial charge in [0, 0.05) is 28.7 Å². The summed E-state index contributed by atoms with van der Waals surface area (Å²) in [7, 11) is 0. The van der Waals surface area contributed by atoms with E-state index in [4.69, 9.17) is 10.5 Å². The van der Waals surface area contributed by atoms with Gasteiger partial charge in [0.25, 0.3) is 0 Å². The van der Waals surface area contributed by atoms with E-state index in [-0.39, 0.29) is 0 Å². The minimum atomic E-state index is -0.844. The summed E-state index contributed by atoms with van der Waals surface area (Å²) < 4.78 is 6.67. The van der Waals surface area contributed by atoms with Crippen molar-refractivity contribution in [2.24, 2.45) is 5.73 Å². The van der Waals surface area contributed by atoms with Crippen LogP contribution in [0.1, 0.15) is 38.2 Å². The van der Waals surface area contributed by atoms with Crippen LogP contribution in [0.15, 0.2) is 48.2 Å². The van der Waals surface area contributed by atoms with E-state index in [0.717, 1.165) is 30.0 Å². The molecule has 176 valence electrons. The van der Waals surface area contributed by atoms with E-state index in [1.165, 1.54) is 36.1 Å². The molecule has 34 heavy (non-hydrogen) atoms. The summed E-state index contributed by atoms with van der Waals surface area (Å²) in [4.78, 5) is 22.5. The average molecular weight is 478 g/mol. The molecule has 3 aromatic heterocycles. The van der Waals surface area contributed by atoms with Gasteiger partial charge in [0.05, 0.1) is 11.9 Å². The first kappa shape index (κ1) is 22.3. The first-order chi connectivity index (χ1) is 16.5. The third-order valence-electron chi connectivity index (χ3n) is 6.28. The van der Waals surface area contributed by atoms with Crippen LogP contribution in [0.4, 0.5) is 16.3 Å². The maximum absolute atomic E-state index is 11.0. The highest BCUT2D eigenvalue weighted by molar-refractivity contribution is 7.12. The molecule has 4 heterocycles. The standard InChI is InChI=1S/C24H27N7O2S/c1-15(2)30-9-7-17(8-10-30)16-3-5-19(6-4-16)29-22-23-27-14-28-31(23)20(12-26-22)18-11-21(34-13-18)33-24(25)32/h3-6,11-15,17H,7-10H2,1-2H3,(H2,25,32)(H,26,29). The van der Waals surface area contributed by atoms with Gasteiger partial charge in [0.1, 0.15) is 6.33 Å². The van der Waals surface area contributed by atoms with Crippen molar-refractivity contribution in [2.45, 2.75) is 38.6 Å². The number of primary amides is 1. The van der Waals surface area contributed by atoms with Crippen LogP contribution in [0.3, 0.4) is 0 Å². The van der Waals surface area contributed by atoms with Gasteiger partial charge in [-0.3, -0.25) is 0 Å². The number of ether oxygens (including phenoxy) is 1. The van der Waals surface area contributed by atoms with Crippen LogP contribution in [0.25, 0.3) is 16.9 Å². The lowest BCUT2D eigenvalue weighted by atomic mass is 9.89. The van der Waals surface area contributed by atoms with Crippen LogP contribution in [-0.2, 0) is 0 Å². The van der Waals surface area contributed by atoms with Crippen molar-refractivity contribution in [1.29, 1.82) is 0 Å². The van der Waals surface area contributed by atoms with Crippen molar-refractivity contribution >= 4 is 34.6 Å². The zero-order chi connectivity index (χ0) is 23.7. The molecule has 0 bridgehead atoms. The van der Waals surface area contributed by atoms with Crippen molar-refractivity contribution in [3.63, 3.8) is 0 Å². The molecule has 3 N–H and O–H groups in total. The summed E-state index contributed by atoms with van der Waals surface area (Å²) in [5, 5.41) is 9.99. The van der Waals surface area contributed by atoms with E-state index in [2.05, 4.69) is 63.4 Å². The number of thiophene rings is 1. The van der Waals surface area contributed by atoms with E-state index in [1.54, 1.807) is 16.8 Å². The second-order valence-electron chi connectivity index (χ2n) is 8.71. The summed E-state index contributed by atoms with van der Waals surface area (Å²) >= 11 is 1.27. The predicted octanol–water partition coefficient (Wildman–Crippen LogP) is 4.64. The number of anilines is 2. The van der Waals surface area contributed by atoms with Crippen LogP contribution in [0.5, 0.6) is 5.06 Å². The van der Waals surface area contributed by atoms with Crippen molar-refractivity contribution in [3.05, 3.63) is 53.8 Å². The Balaban J connectivity index is 1.32. The fourth-order valence-electron chi connectivity index (χ4n) is 4.43. The van der Waals surface area contributed by atoms with Crippen LogP contribution in [0.2, 0.25) is 0 Å². The number of nitrogens with two attached hydrogens (primary N) is 1. The Kier molecular flexibility index (Phi) is 6.16. The average Bonchev–Trinajstić information content (AvgIpc) is 3.50. The Morgan fingerprint density at radius 2 is 1.97 bits per heavy atom. The lowest BCUT2D eigenvalue weighted by molar-refractivity contribution is 0.172. The third-order valence-corrected chi connectivity index (χ3v) is 7.09. The molecule has 5 rings (SSSR count). The number of likely N-dealkylation sites (tertiary alicyclic amines) is 1. The lowest BCUT2D eigenvalue weighted by Crippen LogP contribution is -2.37. The SMILES string of the molecule is CC(C)N1CCC(c2ccc(Nc3ncc(-c4csc(OC(N)=O)c4)n4ncnc34)cc2)CC1. The molecule has 0 radical (unpaired) electrons. The molecular formula is C24H27N7O2S. The first-order valence-electron chi connectivity index (χ1n) is 11.3. The number of carbonyl (C=O) groups excluding carboxylic acids is 1. The van der Waals surface area contributed by atoms with E-state index >= 15 is 0 Å². The monoisotopic (exact) mass is 477 g/mol. The number of hydrogen-bond acceptors (Lipinski definition) is 8. The molecule has 1 fully saturated rings. The normalized spacial score (nSPS) is 15.1. The van der Waals surface area contributed by atoms with Crippen LogP contribution >= 0.6 is 11.3 Å². The van der Waals surface area contributed by atoms with Crippen LogP contribution in [-0.4, -0.2) is 49.7 Å². The van der Waals surface area contributed by atoms with Crippen LogP contribution in [0, 0.1) is 0 Å². The molecule has 0 saturated carbocycles. The lowest BCUT2D eigenvalue weighted by Gasteiger charge is -2.34. The topological polar surface area (TPSA) is 111 Å². The number of nitrogens with zero attached hydrogens (tertiary/aromatic N) is 5. The Morgan fingerprint density at radius 3 is 2.68 bits per heavy atom. The number of carbonyl (C=O) groups is 1. The van der Waals surface area contributed by atoms with Gasteiger partial charge in [-0.1, -0.05) is 12.1 Å². The summed E-state index contributed by atoms with van der Waals surface area (Å²) in [5.74, 6) is 1.22. The van der Waals surface area contributed by atoms with E-state index < -0.39 is 6.09 Å². The number of piperidine rings is 1. The quantitative estimate of drug-likeness (QED) is 0.416. The molecule has 0 aliphatic carbocycles. The minimum Gasteiger partial charge on any atom is -0.399 e. The van der Waals surface area contributed by atoms with Gasteiger partial charge in [-0.05, 0) is 63.4 Å². The molecule has 1 aliphatic rings. The van der Waals surface area contributed by atoms with Crippen molar-refractivity contribution in [2.75, 3.05) is 18.4 Å². The van der Waals surface area contributed by atoms with Crippen molar-refractivity contribution in [3.8, 4) is 16.3 Å². The van der Waals surface area contributed by atoms with Gasteiger partial charge in [0.15, 0.2) is 16.5 Å². The molecule has 10 heteroatoms. The minimum absolute atomic E-state index is 0.410. The maximum Gasteiger partial charge on any atom is 0.410 e. The van der Waals surface area contributed by atoms with Gasteiger partial charge < -0.3 is 20.7 Å². The highest BCUT2D eigenvalue weighted by Crippen LogP contribution is 2.33. The van der Waals surface area contributed by atoms with E-state index in [0.29, 0.717) is 28.5 Å². The Labute approximate surface area is 201 Å². The Morgan fingerprint density at radius 1 is 1.21 bits per heavy atom. The van der Waals surface area contributed by atoms with Gasteiger partial charge in [-0.2, -0.15) is 5.10 Å². The number of fused-ring (bicyclic) bond motifs is 1. The Hall–Kier alpha value is -3.50. The summed E-state index contributed by atoms with van der Waals surface area (Å²) in [6, 6.07) is 11.0. The number of rotatable bonds is 6. The van der Waals surface area contributed by atoms with Crippen molar-refractivity contribution in [1.82, 2.24) is 24.5 Å². The summed E-state index contributed by atoms with van der Waals surface area (Å²) in [6.07, 6.45) is 4.76. The van der Waals surface area contributed by atoms with E-state index in [1.807, 2.05) is 5.38 Å². The smallest absolute Gasteiger partial charge is 0.399 e. The molecule has 0 unspecified atom stereocenters. The fourth-order valence-corrected chi connectivity index (χ4v) is 5.19. The number of aromatic nitrogens is 4. The molecule has 1 aliphatic heterocycles. The highest BCUT2D eigenvalue weighted by atomic mass is 32.1. The third kappa shape index (κ3) is 4.59. The Bertz CT molecular complexity index is 1290. The second kappa shape index (κ2) is 9.40. The molecule has 1 saturated heterocycles. The van der Waals surface area contributed by atoms with Gasteiger partial charge in [-0.25, -0.2) is 19.3 Å². The van der Waals surface area contributed by atoms with Gasteiger partial charge in [-0.15, -0.1) is 11.3 Å². The van der Waals surface area contributed by atoms with Crippen LogP contribution < -0.4 is 15.8 Å². The first-order valence-corrected chi connectivity index (χ1v) is 12.2. The molecule has 0 atom stereocenters. The number of amides is 1. The van der Waals surface area contributed by atoms with E-state index in [9.17, 15) is 4.79 Å². The number of benzene rings is 1. The van der Waals surface area contributed by atoms with Crippen molar-refractivity contribution < 1.29 is 9.53 Å². The highest BCUT2D eigenvalue weighted by Gasteiger charge is 2.22. The molecule has 4 aromatic rings. The molecule has 1 aromatic carbocycles. The zero-order valence-electron chi connectivity index (χ0n) is 19.1. The predicted molar refractivity (Wildman–Crippen MR) is 133 cm³/mol. The number of hydrogen-bond donors (Lipinski definition) is 2. The maximum atomic E-state index is 11.0. The number of nitrogens with one attached hydrogen (secondary N) is 1. The zero-order valence-corrected chi connectivity index (χ0v) is 20.0. The molecule has 1 amide bonds. The molecular weight excluding hydrogens is 450 g/mol. The summed E-state index contributed by atoms with van der Waals surface area (Å²) in [6.45, 7) is 6.85. The second-order valence-corrected chi connectivity index (χ2v) is 9.59. The van der Waals surface area contributed by atoms with Gasteiger partial charge >= 0.3 is 6.09 Å². The molecule has 9 nitrogen and oxygen atoms in total. The largest absolute Gasteiger partial charge is 0.410 e. The fraction of sp³-hybridized carbons (Fsp3) is 0.333. The molecule has 0 spiro atoms. The summed E-state index contributed by atoms with van der Waals surface area (Å²) in [5.41, 5.74) is 9.58.